The molecule has 11 heavy (non-hydrogen) atoms. The van der Waals surface area contributed by atoms with Gasteiger partial charge in [-0.05, 0) is 6.92 Å². The number of nitrogens with zero attached hydrogens (tertiary/aromatic N) is 2. The van der Waals surface area contributed by atoms with Gasteiger partial charge in [-0.3, -0.25) is 9.52 Å². The zero-order valence-corrected chi connectivity index (χ0v) is 6.66. The number of hydrogen-bond donors (Lipinski definition) is 2. The molecule has 0 bridgehead atoms. The number of hydrogen-bond acceptors (Lipinski definition) is 4. The van der Waals surface area contributed by atoms with Crippen molar-refractivity contribution in [3.63, 3.8) is 0 Å². The average molecular weight is 156 g/mol. The second-order valence-electron chi connectivity index (χ2n) is 2.38. The summed E-state index contributed by atoms with van der Waals surface area (Å²) >= 11 is 0. The summed E-state index contributed by atoms with van der Waals surface area (Å²) in [7, 11) is 1.80. The summed E-state index contributed by atoms with van der Waals surface area (Å²) in [5, 5.41) is 4.09. The molecule has 0 atom stereocenters. The zero-order chi connectivity index (χ0) is 8.43. The van der Waals surface area contributed by atoms with Gasteiger partial charge in [0.05, 0.1) is 17.1 Å². The number of nitrogens with two attached hydrogens (primary N) is 2. The monoisotopic (exact) mass is 156 g/mol. The molecule has 0 fully saturated rings. The van der Waals surface area contributed by atoms with Gasteiger partial charge < -0.3 is 5.73 Å². The van der Waals surface area contributed by atoms with Gasteiger partial charge in [0.15, 0.2) is 0 Å². The van der Waals surface area contributed by atoms with Crippen LogP contribution in [0.3, 0.4) is 0 Å². The Kier molecular flexibility index (Phi) is 2.11. The van der Waals surface area contributed by atoms with Crippen molar-refractivity contribution in [2.75, 3.05) is 5.73 Å². The lowest BCUT2D eigenvalue weighted by Crippen LogP contribution is -2.06. The van der Waals surface area contributed by atoms with Gasteiger partial charge in [-0.15, -0.1) is 0 Å². The Morgan fingerprint density at radius 2 is 2.27 bits per heavy atom. The summed E-state index contributed by atoms with van der Waals surface area (Å²) in [6.45, 7) is 2.14. The van der Waals surface area contributed by atoms with Crippen molar-refractivity contribution in [1.82, 2.24) is 9.78 Å². The zero-order valence-electron chi connectivity index (χ0n) is 6.66. The Morgan fingerprint density at radius 3 is 2.64 bits per heavy atom. The van der Waals surface area contributed by atoms with Crippen molar-refractivity contribution in [3.05, 3.63) is 11.4 Å². The van der Waals surface area contributed by atoms with Gasteiger partial charge in [-0.1, -0.05) is 0 Å². The lowest BCUT2D eigenvalue weighted by molar-refractivity contribution is 0.119. The summed E-state index contributed by atoms with van der Waals surface area (Å²) in [6.07, 6.45) is 0. The molecule has 0 unspecified atom stereocenters. The Bertz CT molecular complexity index is 255. The van der Waals surface area contributed by atoms with Crippen LogP contribution in [0.25, 0.3) is 0 Å². The number of anilines is 1. The molecule has 4 N–H and O–H groups in total. The minimum atomic E-state index is 0.295. The molecular formula is C6H12N4O. The third-order valence-corrected chi connectivity index (χ3v) is 1.61. The van der Waals surface area contributed by atoms with Crippen LogP contribution < -0.4 is 11.6 Å². The van der Waals surface area contributed by atoms with Crippen molar-refractivity contribution in [2.24, 2.45) is 12.9 Å². The summed E-state index contributed by atoms with van der Waals surface area (Å²) < 4.78 is 1.66. The maximum absolute atomic E-state index is 5.67. The number of nitrogen functional groups attached to an aromatic ring is 1. The molecule has 1 heterocycles. The highest BCUT2D eigenvalue weighted by Crippen LogP contribution is 2.14. The van der Waals surface area contributed by atoms with Crippen LogP contribution in [0.2, 0.25) is 0 Å². The van der Waals surface area contributed by atoms with Gasteiger partial charge in [0.1, 0.15) is 6.61 Å². The lowest BCUT2D eigenvalue weighted by atomic mass is 10.3. The molecule has 1 rings (SSSR count). The third-order valence-electron chi connectivity index (χ3n) is 1.61. The number of rotatable bonds is 2. The van der Waals surface area contributed by atoms with Crippen LogP contribution in [0.1, 0.15) is 11.4 Å². The van der Waals surface area contributed by atoms with E-state index in [2.05, 4.69) is 9.94 Å². The maximum atomic E-state index is 5.67. The Labute approximate surface area is 64.9 Å². The van der Waals surface area contributed by atoms with Crippen LogP contribution in [0.4, 0.5) is 5.69 Å². The van der Waals surface area contributed by atoms with E-state index in [1.54, 1.807) is 11.7 Å². The van der Waals surface area contributed by atoms with Crippen LogP contribution in [0.5, 0.6) is 0 Å². The number of aromatic nitrogens is 2. The fourth-order valence-electron chi connectivity index (χ4n) is 0.972. The highest BCUT2D eigenvalue weighted by Gasteiger charge is 2.08. The van der Waals surface area contributed by atoms with Gasteiger partial charge in [-0.2, -0.15) is 5.10 Å². The summed E-state index contributed by atoms with van der Waals surface area (Å²) in [4.78, 5) is 4.46. The van der Waals surface area contributed by atoms with Gasteiger partial charge in [0.25, 0.3) is 0 Å². The van der Waals surface area contributed by atoms with E-state index >= 15 is 0 Å². The van der Waals surface area contributed by atoms with E-state index in [9.17, 15) is 0 Å². The van der Waals surface area contributed by atoms with Crippen LogP contribution in [0, 0.1) is 6.92 Å². The highest BCUT2D eigenvalue weighted by atomic mass is 16.6. The van der Waals surface area contributed by atoms with E-state index in [4.69, 9.17) is 11.6 Å². The van der Waals surface area contributed by atoms with E-state index in [1.165, 1.54) is 0 Å². The van der Waals surface area contributed by atoms with Crippen molar-refractivity contribution in [1.29, 1.82) is 0 Å². The Hall–Kier alpha value is -1.07. The van der Waals surface area contributed by atoms with Crippen LogP contribution >= 0.6 is 0 Å². The smallest absolute Gasteiger partial charge is 0.112 e. The van der Waals surface area contributed by atoms with Crippen molar-refractivity contribution in [3.8, 4) is 0 Å². The first-order chi connectivity index (χ1) is 5.16. The second-order valence-corrected chi connectivity index (χ2v) is 2.38. The van der Waals surface area contributed by atoms with Crippen LogP contribution in [-0.4, -0.2) is 9.78 Å². The Balaban J connectivity index is 3.02. The molecule has 0 aliphatic heterocycles. The average Bonchev–Trinajstić information content (AvgIpc) is 2.17. The van der Waals surface area contributed by atoms with E-state index in [1.807, 2.05) is 6.92 Å². The molecule has 62 valence electrons. The predicted octanol–water partition coefficient (Wildman–Crippen LogP) is -0.299. The maximum Gasteiger partial charge on any atom is 0.112 e. The van der Waals surface area contributed by atoms with Crippen LogP contribution in [-0.2, 0) is 18.5 Å². The fourth-order valence-corrected chi connectivity index (χ4v) is 0.972. The standard InChI is InChI=1S/C6H12N4O/c1-4-6(7)5(3-11-8)10(2)9-4/h3,7-8H2,1-2H3. The first-order valence-corrected chi connectivity index (χ1v) is 3.26. The quantitative estimate of drug-likeness (QED) is 0.576. The third kappa shape index (κ3) is 1.33. The molecule has 5 nitrogen and oxygen atoms in total. The summed E-state index contributed by atoms with van der Waals surface area (Å²) in [5.41, 5.74) is 7.94. The predicted molar refractivity (Wildman–Crippen MR) is 41.3 cm³/mol. The minimum absolute atomic E-state index is 0.295. The van der Waals surface area contributed by atoms with Gasteiger partial charge in [-0.25, -0.2) is 5.90 Å². The largest absolute Gasteiger partial charge is 0.396 e. The summed E-state index contributed by atoms with van der Waals surface area (Å²) in [6, 6.07) is 0. The molecule has 0 aromatic carbocycles. The molecular weight excluding hydrogens is 144 g/mol. The molecule has 0 aliphatic rings. The second kappa shape index (κ2) is 2.89. The molecule has 0 aliphatic carbocycles. The molecule has 1 aromatic rings. The molecule has 0 radical (unpaired) electrons. The molecule has 1 aromatic heterocycles. The minimum Gasteiger partial charge on any atom is -0.396 e. The normalized spacial score (nSPS) is 10.5. The molecule has 5 heteroatoms. The van der Waals surface area contributed by atoms with Gasteiger partial charge in [0, 0.05) is 7.05 Å². The Morgan fingerprint density at radius 1 is 1.64 bits per heavy atom. The topological polar surface area (TPSA) is 79.1 Å². The summed E-state index contributed by atoms with van der Waals surface area (Å²) in [5.74, 6) is 4.91. The molecule has 0 saturated heterocycles. The van der Waals surface area contributed by atoms with Crippen molar-refractivity contribution < 1.29 is 4.84 Å². The van der Waals surface area contributed by atoms with Crippen LogP contribution in [0.15, 0.2) is 0 Å². The first-order valence-electron chi connectivity index (χ1n) is 3.26. The van der Waals surface area contributed by atoms with Crippen molar-refractivity contribution in [2.45, 2.75) is 13.5 Å². The highest BCUT2D eigenvalue weighted by molar-refractivity contribution is 5.47. The first kappa shape index (κ1) is 8.03. The lowest BCUT2D eigenvalue weighted by Gasteiger charge is -1.99. The van der Waals surface area contributed by atoms with E-state index in [0.29, 0.717) is 12.3 Å². The SMILES string of the molecule is Cc1nn(C)c(CON)c1N. The number of aryl methyl sites for hydroxylation is 2. The van der Waals surface area contributed by atoms with Gasteiger partial charge >= 0.3 is 0 Å². The van der Waals surface area contributed by atoms with E-state index in [-0.39, 0.29) is 0 Å². The van der Waals surface area contributed by atoms with E-state index < -0.39 is 0 Å². The fraction of sp³-hybridized carbons (Fsp3) is 0.500. The van der Waals surface area contributed by atoms with E-state index in [0.717, 1.165) is 11.4 Å². The molecule has 0 saturated carbocycles. The van der Waals surface area contributed by atoms with Crippen molar-refractivity contribution >= 4 is 5.69 Å². The van der Waals surface area contributed by atoms with Gasteiger partial charge in [0.2, 0.25) is 0 Å². The molecule has 0 amide bonds. The molecule has 0 spiro atoms.